The van der Waals surface area contributed by atoms with E-state index in [0.717, 1.165) is 5.56 Å². The Kier molecular flexibility index (Phi) is 11.0. The van der Waals surface area contributed by atoms with E-state index in [9.17, 15) is 29.1 Å². The summed E-state index contributed by atoms with van der Waals surface area (Å²) in [4.78, 5) is 60.0. The van der Waals surface area contributed by atoms with Crippen molar-refractivity contribution in [2.75, 3.05) is 0 Å². The van der Waals surface area contributed by atoms with Crippen molar-refractivity contribution < 1.29 is 29.1 Å². The molecule has 4 unspecified atom stereocenters. The molecule has 0 saturated heterocycles. The number of nitrogens with one attached hydrogen (secondary N) is 3. The smallest absolute Gasteiger partial charge is 0.326 e. The normalized spacial score (nSPS) is 14.5. The van der Waals surface area contributed by atoms with Crippen molar-refractivity contribution in [2.24, 2.45) is 17.4 Å². The van der Waals surface area contributed by atoms with Gasteiger partial charge in [-0.2, -0.15) is 0 Å². The van der Waals surface area contributed by atoms with Crippen LogP contribution in [0.4, 0.5) is 0 Å². The number of aliphatic carboxylic acids is 1. The molecule has 0 spiro atoms. The summed E-state index contributed by atoms with van der Waals surface area (Å²) in [5.74, 6) is -4.11. The average Bonchev–Trinajstić information content (AvgIpc) is 2.74. The SMILES string of the molecule is CC(NC(=O)C(Cc1ccccc1)NC(=O)C(N)CCC(N)=O)C(=O)NC(C(=O)O)C(C)C. The minimum absolute atomic E-state index is 0.0193. The van der Waals surface area contributed by atoms with Crippen LogP contribution in [-0.4, -0.2) is 58.9 Å². The molecule has 182 valence electrons. The van der Waals surface area contributed by atoms with E-state index in [1.807, 2.05) is 0 Å². The third-order valence-corrected chi connectivity index (χ3v) is 4.94. The summed E-state index contributed by atoms with van der Waals surface area (Å²) >= 11 is 0. The molecule has 0 radical (unpaired) electrons. The van der Waals surface area contributed by atoms with E-state index >= 15 is 0 Å². The van der Waals surface area contributed by atoms with Crippen LogP contribution in [0, 0.1) is 5.92 Å². The van der Waals surface area contributed by atoms with E-state index in [1.54, 1.807) is 44.2 Å². The lowest BCUT2D eigenvalue weighted by Gasteiger charge is -2.24. The molecule has 0 saturated carbocycles. The minimum Gasteiger partial charge on any atom is -0.480 e. The molecule has 0 fully saturated rings. The molecule has 11 heteroatoms. The molecule has 4 atom stereocenters. The lowest BCUT2D eigenvalue weighted by Crippen LogP contribution is -2.57. The van der Waals surface area contributed by atoms with Gasteiger partial charge in [-0.3, -0.25) is 19.2 Å². The van der Waals surface area contributed by atoms with Crippen LogP contribution >= 0.6 is 0 Å². The zero-order valence-electron chi connectivity index (χ0n) is 19.0. The first kappa shape index (κ1) is 27.6. The zero-order valence-corrected chi connectivity index (χ0v) is 19.0. The molecule has 0 aliphatic rings. The number of carboxylic acid groups (broad SMARTS) is 1. The second kappa shape index (κ2) is 13.2. The molecule has 0 aliphatic carbocycles. The third-order valence-electron chi connectivity index (χ3n) is 4.94. The summed E-state index contributed by atoms with van der Waals surface area (Å²) < 4.78 is 0. The van der Waals surface area contributed by atoms with Crippen molar-refractivity contribution in [3.05, 3.63) is 35.9 Å². The Bertz CT molecular complexity index is 845. The number of carbonyl (C=O) groups is 5. The lowest BCUT2D eigenvalue weighted by molar-refractivity contribution is -0.143. The van der Waals surface area contributed by atoms with Gasteiger partial charge in [0.15, 0.2) is 0 Å². The minimum atomic E-state index is -1.18. The molecule has 0 heterocycles. The first-order chi connectivity index (χ1) is 15.4. The van der Waals surface area contributed by atoms with Crippen molar-refractivity contribution in [1.82, 2.24) is 16.0 Å². The number of hydrogen-bond acceptors (Lipinski definition) is 6. The molecule has 4 amide bonds. The second-order valence-electron chi connectivity index (χ2n) is 8.16. The van der Waals surface area contributed by atoms with Crippen LogP contribution in [0.3, 0.4) is 0 Å². The van der Waals surface area contributed by atoms with Crippen molar-refractivity contribution in [3.63, 3.8) is 0 Å². The fourth-order valence-electron chi connectivity index (χ4n) is 2.94. The number of amides is 4. The van der Waals surface area contributed by atoms with Crippen molar-refractivity contribution in [1.29, 1.82) is 0 Å². The summed E-state index contributed by atoms with van der Waals surface area (Å²) in [5, 5.41) is 16.7. The van der Waals surface area contributed by atoms with Gasteiger partial charge in [-0.15, -0.1) is 0 Å². The highest BCUT2D eigenvalue weighted by atomic mass is 16.4. The summed E-state index contributed by atoms with van der Waals surface area (Å²) in [7, 11) is 0. The first-order valence-electron chi connectivity index (χ1n) is 10.6. The van der Waals surface area contributed by atoms with E-state index in [-0.39, 0.29) is 25.2 Å². The molecular weight excluding hydrogens is 430 g/mol. The topological polar surface area (TPSA) is 194 Å². The van der Waals surface area contributed by atoms with Crippen molar-refractivity contribution >= 4 is 29.6 Å². The summed E-state index contributed by atoms with van der Waals surface area (Å²) in [6.07, 6.45) is 0.0619. The highest BCUT2D eigenvalue weighted by molar-refractivity contribution is 5.94. The van der Waals surface area contributed by atoms with Gasteiger partial charge in [0.2, 0.25) is 23.6 Å². The van der Waals surface area contributed by atoms with Crippen LogP contribution in [0.5, 0.6) is 0 Å². The molecule has 8 N–H and O–H groups in total. The van der Waals surface area contributed by atoms with Gasteiger partial charge in [-0.1, -0.05) is 44.2 Å². The molecule has 0 bridgehead atoms. The predicted molar refractivity (Wildman–Crippen MR) is 120 cm³/mol. The lowest BCUT2D eigenvalue weighted by atomic mass is 10.0. The van der Waals surface area contributed by atoms with Crippen LogP contribution in [-0.2, 0) is 30.4 Å². The predicted octanol–water partition coefficient (Wildman–Crippen LogP) is -0.963. The maximum atomic E-state index is 12.9. The van der Waals surface area contributed by atoms with E-state index in [1.165, 1.54) is 6.92 Å². The quantitative estimate of drug-likeness (QED) is 0.217. The molecular formula is C22H33N5O6. The highest BCUT2D eigenvalue weighted by Crippen LogP contribution is 2.06. The van der Waals surface area contributed by atoms with Crippen LogP contribution in [0.25, 0.3) is 0 Å². The number of primary amides is 1. The van der Waals surface area contributed by atoms with Crippen LogP contribution in [0.15, 0.2) is 30.3 Å². The fourth-order valence-corrected chi connectivity index (χ4v) is 2.94. The second-order valence-corrected chi connectivity index (χ2v) is 8.16. The largest absolute Gasteiger partial charge is 0.480 e. The monoisotopic (exact) mass is 463 g/mol. The molecule has 1 aromatic rings. The Morgan fingerprint density at radius 2 is 1.52 bits per heavy atom. The van der Waals surface area contributed by atoms with Crippen LogP contribution in [0.2, 0.25) is 0 Å². The van der Waals surface area contributed by atoms with Crippen molar-refractivity contribution in [3.8, 4) is 0 Å². The van der Waals surface area contributed by atoms with E-state index in [4.69, 9.17) is 11.5 Å². The number of benzene rings is 1. The summed E-state index contributed by atoms with van der Waals surface area (Å²) in [6, 6.07) is 4.62. The number of nitrogens with two attached hydrogens (primary N) is 2. The number of carbonyl (C=O) groups excluding carboxylic acids is 4. The van der Waals surface area contributed by atoms with Crippen LogP contribution < -0.4 is 27.4 Å². The zero-order chi connectivity index (χ0) is 25.1. The summed E-state index contributed by atoms with van der Waals surface area (Å²) in [5.41, 5.74) is 11.6. The van der Waals surface area contributed by atoms with Crippen LogP contribution in [0.1, 0.15) is 39.2 Å². The third kappa shape index (κ3) is 9.69. The maximum absolute atomic E-state index is 12.9. The maximum Gasteiger partial charge on any atom is 0.326 e. The Morgan fingerprint density at radius 3 is 2.03 bits per heavy atom. The number of carboxylic acids is 1. The molecule has 0 aliphatic heterocycles. The molecule has 1 aromatic carbocycles. The fraction of sp³-hybridized carbons (Fsp3) is 0.500. The van der Waals surface area contributed by atoms with Gasteiger partial charge < -0.3 is 32.5 Å². The van der Waals surface area contributed by atoms with Gasteiger partial charge >= 0.3 is 5.97 Å². The average molecular weight is 464 g/mol. The van der Waals surface area contributed by atoms with E-state index in [0.29, 0.717) is 0 Å². The molecule has 0 aromatic heterocycles. The standard InChI is InChI=1S/C22H33N5O6/c1-12(2)18(22(32)33)27-19(29)13(3)25-21(31)16(11-14-7-5-4-6-8-14)26-20(30)15(23)9-10-17(24)28/h4-8,12-13,15-16,18H,9-11,23H2,1-3H3,(H2,24,28)(H,25,31)(H,26,30)(H,27,29)(H,32,33). The van der Waals surface area contributed by atoms with Gasteiger partial charge in [-0.25, -0.2) is 4.79 Å². The molecule has 33 heavy (non-hydrogen) atoms. The number of hydrogen-bond donors (Lipinski definition) is 6. The molecule has 11 nitrogen and oxygen atoms in total. The summed E-state index contributed by atoms with van der Waals surface area (Å²) in [6.45, 7) is 4.71. The highest BCUT2D eigenvalue weighted by Gasteiger charge is 2.29. The van der Waals surface area contributed by atoms with Gasteiger partial charge in [0.1, 0.15) is 18.1 Å². The van der Waals surface area contributed by atoms with Gasteiger partial charge in [0.25, 0.3) is 0 Å². The van der Waals surface area contributed by atoms with Gasteiger partial charge in [-0.05, 0) is 24.8 Å². The Labute approximate surface area is 192 Å². The van der Waals surface area contributed by atoms with Crippen molar-refractivity contribution in [2.45, 2.75) is 64.2 Å². The van der Waals surface area contributed by atoms with Gasteiger partial charge in [0.05, 0.1) is 6.04 Å². The Balaban J connectivity index is 2.90. The van der Waals surface area contributed by atoms with Gasteiger partial charge in [0, 0.05) is 12.8 Å². The Morgan fingerprint density at radius 1 is 0.909 bits per heavy atom. The molecule has 1 rings (SSSR count). The van der Waals surface area contributed by atoms with E-state index in [2.05, 4.69) is 16.0 Å². The number of rotatable bonds is 13. The Hall–Kier alpha value is -3.47. The first-order valence-corrected chi connectivity index (χ1v) is 10.6. The van der Waals surface area contributed by atoms with E-state index < -0.39 is 53.8 Å².